The van der Waals surface area contributed by atoms with Crippen LogP contribution in [0.15, 0.2) is 33.2 Å². The fourth-order valence-electron chi connectivity index (χ4n) is 4.00. The average molecular weight is 480 g/mol. The van der Waals surface area contributed by atoms with Gasteiger partial charge in [-0.3, -0.25) is 4.79 Å². The molecule has 2 saturated heterocycles. The van der Waals surface area contributed by atoms with Crippen molar-refractivity contribution in [3.8, 4) is 0 Å². The zero-order valence-corrected chi connectivity index (χ0v) is 17.9. The summed E-state index contributed by atoms with van der Waals surface area (Å²) in [6, 6.07) is 7.72. The second-order valence-corrected chi connectivity index (χ2v) is 8.98. The number of halogens is 2. The van der Waals surface area contributed by atoms with Gasteiger partial charge in [0, 0.05) is 58.3 Å². The molecular weight excluding hydrogens is 460 g/mol. The van der Waals surface area contributed by atoms with Crippen LogP contribution in [0.4, 0.5) is 5.95 Å². The maximum atomic E-state index is 12.9. The summed E-state index contributed by atoms with van der Waals surface area (Å²) in [4.78, 5) is 26.4. The summed E-state index contributed by atoms with van der Waals surface area (Å²) in [5.74, 6) is 1.88. The van der Waals surface area contributed by atoms with Crippen LogP contribution in [0.3, 0.4) is 0 Å². The topological polar surface area (TPSA) is 49.3 Å². The summed E-state index contributed by atoms with van der Waals surface area (Å²) in [6.45, 7) is 7.43. The standard InChI is InChI=1S/C19H20Br2N4O/c1-11-5-12(2)23-19(22-11)25-9-13-7-24(8-14(13)10-25)18(26)16-6-15(20)3-4-17(16)21/h3-6,13-14H,7-10H2,1-2H3. The van der Waals surface area contributed by atoms with Crippen molar-refractivity contribution in [1.82, 2.24) is 14.9 Å². The molecule has 0 radical (unpaired) electrons. The van der Waals surface area contributed by atoms with E-state index in [-0.39, 0.29) is 5.91 Å². The molecule has 136 valence electrons. The molecular formula is C19H20Br2N4O. The average Bonchev–Trinajstić information content (AvgIpc) is 3.14. The summed E-state index contributed by atoms with van der Waals surface area (Å²) in [6.07, 6.45) is 0. The van der Waals surface area contributed by atoms with E-state index in [1.807, 2.05) is 43.0 Å². The van der Waals surface area contributed by atoms with Crippen LogP contribution >= 0.6 is 31.9 Å². The Labute approximate surface area is 170 Å². The van der Waals surface area contributed by atoms with E-state index in [2.05, 4.69) is 46.7 Å². The number of carbonyl (C=O) groups is 1. The number of likely N-dealkylation sites (tertiary alicyclic amines) is 1. The molecule has 26 heavy (non-hydrogen) atoms. The van der Waals surface area contributed by atoms with Gasteiger partial charge < -0.3 is 9.80 Å². The molecule has 2 aliphatic heterocycles. The Bertz CT molecular complexity index is 838. The summed E-state index contributed by atoms with van der Waals surface area (Å²) in [5.41, 5.74) is 2.72. The number of aromatic nitrogens is 2. The van der Waals surface area contributed by atoms with E-state index in [1.165, 1.54) is 0 Å². The predicted octanol–water partition coefficient (Wildman–Crippen LogP) is 3.83. The van der Waals surface area contributed by atoms with Crippen LogP contribution in [0.2, 0.25) is 0 Å². The van der Waals surface area contributed by atoms with Crippen LogP contribution in [-0.4, -0.2) is 47.0 Å². The Morgan fingerprint density at radius 3 is 2.23 bits per heavy atom. The minimum Gasteiger partial charge on any atom is -0.340 e. The van der Waals surface area contributed by atoms with Gasteiger partial charge >= 0.3 is 0 Å². The fraction of sp³-hybridized carbons (Fsp3) is 0.421. The Hall–Kier alpha value is -1.47. The lowest BCUT2D eigenvalue weighted by molar-refractivity contribution is 0.0781. The summed E-state index contributed by atoms with van der Waals surface area (Å²) < 4.78 is 1.76. The van der Waals surface area contributed by atoms with Crippen LogP contribution in [0, 0.1) is 25.7 Å². The van der Waals surface area contributed by atoms with Gasteiger partial charge in [-0.25, -0.2) is 9.97 Å². The zero-order chi connectivity index (χ0) is 18.4. The lowest BCUT2D eigenvalue weighted by Gasteiger charge is -2.22. The molecule has 2 atom stereocenters. The van der Waals surface area contributed by atoms with Crippen LogP contribution < -0.4 is 4.90 Å². The van der Waals surface area contributed by atoms with Gasteiger partial charge in [-0.05, 0) is 54.0 Å². The van der Waals surface area contributed by atoms with E-state index in [4.69, 9.17) is 0 Å². The molecule has 7 heteroatoms. The minimum absolute atomic E-state index is 0.0989. The van der Waals surface area contributed by atoms with Gasteiger partial charge in [0.1, 0.15) is 0 Å². The summed E-state index contributed by atoms with van der Waals surface area (Å²) in [5, 5.41) is 0. The minimum atomic E-state index is 0.0989. The van der Waals surface area contributed by atoms with Crippen molar-refractivity contribution in [2.45, 2.75) is 13.8 Å². The van der Waals surface area contributed by atoms with Crippen molar-refractivity contribution in [3.63, 3.8) is 0 Å². The number of nitrogens with zero attached hydrogens (tertiary/aromatic N) is 4. The Morgan fingerprint density at radius 2 is 1.62 bits per heavy atom. The number of fused-ring (bicyclic) bond motifs is 1. The van der Waals surface area contributed by atoms with Crippen molar-refractivity contribution in [3.05, 3.63) is 50.2 Å². The Balaban J connectivity index is 1.46. The monoisotopic (exact) mass is 478 g/mol. The molecule has 2 aromatic rings. The zero-order valence-electron chi connectivity index (χ0n) is 14.7. The Morgan fingerprint density at radius 1 is 1.00 bits per heavy atom. The van der Waals surface area contributed by atoms with Crippen molar-refractivity contribution in [1.29, 1.82) is 0 Å². The number of carbonyl (C=O) groups excluding carboxylic acids is 1. The SMILES string of the molecule is Cc1cc(C)nc(N2CC3CN(C(=O)c4cc(Br)ccc4Br)CC3C2)n1. The number of benzene rings is 1. The second kappa shape index (κ2) is 6.93. The molecule has 3 heterocycles. The molecule has 2 fully saturated rings. The van der Waals surface area contributed by atoms with Gasteiger partial charge in [-0.15, -0.1) is 0 Å². The van der Waals surface area contributed by atoms with Crippen molar-refractivity contribution in [2.75, 3.05) is 31.1 Å². The molecule has 0 N–H and O–H groups in total. The third-order valence-electron chi connectivity index (χ3n) is 5.19. The van der Waals surface area contributed by atoms with Gasteiger partial charge in [-0.2, -0.15) is 0 Å². The second-order valence-electron chi connectivity index (χ2n) is 7.21. The highest BCUT2D eigenvalue weighted by molar-refractivity contribution is 9.11. The third kappa shape index (κ3) is 3.39. The van der Waals surface area contributed by atoms with Crippen LogP contribution in [0.5, 0.6) is 0 Å². The summed E-state index contributed by atoms with van der Waals surface area (Å²) >= 11 is 6.95. The van der Waals surface area contributed by atoms with Gasteiger partial charge in [0.25, 0.3) is 5.91 Å². The first kappa shape index (κ1) is 17.9. The molecule has 2 unspecified atom stereocenters. The fourth-order valence-corrected chi connectivity index (χ4v) is 4.78. The highest BCUT2D eigenvalue weighted by Crippen LogP contribution is 2.34. The molecule has 0 aliphatic carbocycles. The molecule has 0 spiro atoms. The lowest BCUT2D eigenvalue weighted by Crippen LogP contribution is -2.34. The number of rotatable bonds is 2. The smallest absolute Gasteiger partial charge is 0.255 e. The maximum absolute atomic E-state index is 12.9. The van der Waals surface area contributed by atoms with E-state index >= 15 is 0 Å². The van der Waals surface area contributed by atoms with E-state index in [0.717, 1.165) is 52.5 Å². The molecule has 5 nitrogen and oxygen atoms in total. The molecule has 1 amide bonds. The van der Waals surface area contributed by atoms with Crippen molar-refractivity contribution >= 4 is 43.7 Å². The first-order chi connectivity index (χ1) is 12.4. The molecule has 1 aromatic carbocycles. The van der Waals surface area contributed by atoms with Gasteiger partial charge in [-0.1, -0.05) is 15.9 Å². The Kier molecular flexibility index (Phi) is 4.77. The number of hydrogen-bond donors (Lipinski definition) is 0. The normalized spacial score (nSPS) is 22.0. The van der Waals surface area contributed by atoms with Gasteiger partial charge in [0.05, 0.1) is 5.56 Å². The molecule has 1 aromatic heterocycles. The number of hydrogen-bond acceptors (Lipinski definition) is 4. The van der Waals surface area contributed by atoms with Crippen molar-refractivity contribution < 1.29 is 4.79 Å². The van der Waals surface area contributed by atoms with Gasteiger partial charge in [0.15, 0.2) is 0 Å². The van der Waals surface area contributed by atoms with E-state index < -0.39 is 0 Å². The van der Waals surface area contributed by atoms with Crippen molar-refractivity contribution in [2.24, 2.45) is 11.8 Å². The number of amides is 1. The van der Waals surface area contributed by atoms with Gasteiger partial charge in [0.2, 0.25) is 5.95 Å². The maximum Gasteiger partial charge on any atom is 0.255 e. The molecule has 4 rings (SSSR count). The van der Waals surface area contributed by atoms with Crippen LogP contribution in [-0.2, 0) is 0 Å². The first-order valence-electron chi connectivity index (χ1n) is 8.72. The van der Waals surface area contributed by atoms with E-state index in [0.29, 0.717) is 17.4 Å². The highest BCUT2D eigenvalue weighted by atomic mass is 79.9. The first-order valence-corrected chi connectivity index (χ1v) is 10.3. The summed E-state index contributed by atoms with van der Waals surface area (Å²) in [7, 11) is 0. The van der Waals surface area contributed by atoms with Crippen LogP contribution in [0.1, 0.15) is 21.7 Å². The van der Waals surface area contributed by atoms with Crippen LogP contribution in [0.25, 0.3) is 0 Å². The third-order valence-corrected chi connectivity index (χ3v) is 6.37. The number of aryl methyl sites for hydroxylation is 2. The number of anilines is 1. The predicted molar refractivity (Wildman–Crippen MR) is 108 cm³/mol. The highest BCUT2D eigenvalue weighted by Gasteiger charge is 2.42. The molecule has 2 aliphatic rings. The molecule has 0 bridgehead atoms. The largest absolute Gasteiger partial charge is 0.340 e. The molecule has 0 saturated carbocycles. The van der Waals surface area contributed by atoms with E-state index in [1.54, 1.807) is 0 Å². The quantitative estimate of drug-likeness (QED) is 0.656. The lowest BCUT2D eigenvalue weighted by atomic mass is 10.0. The van der Waals surface area contributed by atoms with E-state index in [9.17, 15) is 4.79 Å².